The fourth-order valence-electron chi connectivity index (χ4n) is 4.54. The summed E-state index contributed by atoms with van der Waals surface area (Å²) in [5.41, 5.74) is 0.803. The zero-order valence-corrected chi connectivity index (χ0v) is 24.6. The average molecular weight is 566 g/mol. The quantitative estimate of drug-likeness (QED) is 0.281. The van der Waals surface area contributed by atoms with Crippen LogP contribution in [0.3, 0.4) is 0 Å². The number of Topliss-reactive ketones (excluding diaryl/α,β-unsaturated/α-hetero) is 1. The first-order valence-electron chi connectivity index (χ1n) is 14.3. The minimum absolute atomic E-state index is 0.0700. The summed E-state index contributed by atoms with van der Waals surface area (Å²) in [7, 11) is 0. The third-order valence-corrected chi connectivity index (χ3v) is 6.88. The molecule has 222 valence electrons. The number of alkyl carbamates (subject to hydrolysis) is 1. The van der Waals surface area contributed by atoms with E-state index in [1.54, 1.807) is 6.92 Å². The van der Waals surface area contributed by atoms with Crippen LogP contribution in [0.25, 0.3) is 0 Å². The van der Waals surface area contributed by atoms with E-state index in [1.165, 1.54) is 0 Å². The molecule has 1 aliphatic heterocycles. The van der Waals surface area contributed by atoms with Crippen LogP contribution in [0.1, 0.15) is 58.6 Å². The number of nitrogens with one attached hydrogen (secondary N) is 3. The number of carbonyl (C=O) groups excluding carboxylic acids is 4. The standard InChI is InChI=1S/C32H43N3O6/c1-21(2)16-26(29(37)33-25(28(36)32(5)20-41-32)18-23-12-8-6-9-13-23)34-30(38)27(17-22(3)4)35-31(39)40-19-24-14-10-7-11-15-24/h6-15,21-22,25-27H,16-20H2,1-5H3,(H,33,37)(H,34,38)(H,35,39)/t25?,26-,27?,32?/m0/s1. The van der Waals surface area contributed by atoms with Crippen LogP contribution in [0.2, 0.25) is 0 Å². The monoisotopic (exact) mass is 565 g/mol. The van der Waals surface area contributed by atoms with Crippen molar-refractivity contribution in [1.82, 2.24) is 16.0 Å². The summed E-state index contributed by atoms with van der Waals surface area (Å²) < 4.78 is 10.7. The number of hydrogen-bond donors (Lipinski definition) is 3. The number of rotatable bonds is 15. The van der Waals surface area contributed by atoms with Crippen molar-refractivity contribution in [3.05, 3.63) is 71.8 Å². The van der Waals surface area contributed by atoms with Crippen molar-refractivity contribution in [1.29, 1.82) is 0 Å². The molecule has 0 aromatic heterocycles. The Morgan fingerprint density at radius 2 is 1.22 bits per heavy atom. The topological polar surface area (TPSA) is 126 Å². The number of carbonyl (C=O) groups is 4. The highest BCUT2D eigenvalue weighted by Gasteiger charge is 2.50. The fourth-order valence-corrected chi connectivity index (χ4v) is 4.54. The molecule has 41 heavy (non-hydrogen) atoms. The SMILES string of the molecule is CC(C)CC(NC(=O)OCc1ccccc1)C(=O)N[C@@H](CC(C)C)C(=O)NC(Cc1ccccc1)C(=O)C1(C)CO1. The van der Waals surface area contributed by atoms with Gasteiger partial charge >= 0.3 is 6.09 Å². The van der Waals surface area contributed by atoms with Crippen LogP contribution in [0.15, 0.2) is 60.7 Å². The van der Waals surface area contributed by atoms with Crippen molar-refractivity contribution in [3.63, 3.8) is 0 Å². The van der Waals surface area contributed by atoms with E-state index in [0.717, 1.165) is 11.1 Å². The fraction of sp³-hybridized carbons (Fsp3) is 0.500. The van der Waals surface area contributed by atoms with Gasteiger partial charge in [0.1, 0.15) is 24.3 Å². The van der Waals surface area contributed by atoms with E-state index < -0.39 is 41.6 Å². The van der Waals surface area contributed by atoms with Gasteiger partial charge in [-0.2, -0.15) is 0 Å². The lowest BCUT2D eigenvalue weighted by Crippen LogP contribution is -2.57. The smallest absolute Gasteiger partial charge is 0.408 e. The lowest BCUT2D eigenvalue weighted by molar-refractivity contribution is -0.133. The molecule has 0 bridgehead atoms. The predicted molar refractivity (Wildman–Crippen MR) is 156 cm³/mol. The first kappa shape index (κ1) is 31.8. The minimum Gasteiger partial charge on any atom is -0.445 e. The molecule has 1 aliphatic rings. The second-order valence-corrected chi connectivity index (χ2v) is 11.7. The third kappa shape index (κ3) is 10.3. The molecular formula is C32H43N3O6. The van der Waals surface area contributed by atoms with Gasteiger partial charge in [0.05, 0.1) is 12.6 Å². The van der Waals surface area contributed by atoms with Crippen LogP contribution in [-0.2, 0) is 36.9 Å². The third-order valence-electron chi connectivity index (χ3n) is 6.88. The summed E-state index contributed by atoms with van der Waals surface area (Å²) in [6.45, 7) is 9.87. The summed E-state index contributed by atoms with van der Waals surface area (Å²) in [4.78, 5) is 52.8. The van der Waals surface area contributed by atoms with Gasteiger partial charge in [-0.25, -0.2) is 4.79 Å². The summed E-state index contributed by atoms with van der Waals surface area (Å²) in [6.07, 6.45) is 0.292. The van der Waals surface area contributed by atoms with Gasteiger partial charge in [-0.1, -0.05) is 88.4 Å². The second kappa shape index (κ2) is 14.8. The molecule has 3 amide bonds. The summed E-state index contributed by atoms with van der Waals surface area (Å²) in [5.74, 6) is -0.986. The normalized spacial score (nSPS) is 18.2. The van der Waals surface area contributed by atoms with Gasteiger partial charge < -0.3 is 25.4 Å². The molecule has 0 radical (unpaired) electrons. The number of amides is 3. The Morgan fingerprint density at radius 3 is 1.71 bits per heavy atom. The zero-order valence-electron chi connectivity index (χ0n) is 24.6. The van der Waals surface area contributed by atoms with Gasteiger partial charge in [0.25, 0.3) is 0 Å². The van der Waals surface area contributed by atoms with Crippen LogP contribution in [0.4, 0.5) is 4.79 Å². The number of epoxide rings is 1. The Hall–Kier alpha value is -3.72. The molecule has 3 unspecified atom stereocenters. The molecule has 1 fully saturated rings. The highest BCUT2D eigenvalue weighted by Crippen LogP contribution is 2.29. The molecule has 9 heteroatoms. The van der Waals surface area contributed by atoms with Gasteiger partial charge in [-0.05, 0) is 49.1 Å². The van der Waals surface area contributed by atoms with E-state index in [1.807, 2.05) is 88.4 Å². The molecule has 9 nitrogen and oxygen atoms in total. The number of hydrogen-bond acceptors (Lipinski definition) is 6. The summed E-state index contributed by atoms with van der Waals surface area (Å²) >= 11 is 0. The Balaban J connectivity index is 1.70. The van der Waals surface area contributed by atoms with Gasteiger partial charge in [-0.3, -0.25) is 14.4 Å². The predicted octanol–water partition coefficient (Wildman–Crippen LogP) is 3.94. The van der Waals surface area contributed by atoms with Crippen molar-refractivity contribution in [2.45, 2.75) is 84.2 Å². The largest absolute Gasteiger partial charge is 0.445 e. The molecule has 0 aliphatic carbocycles. The van der Waals surface area contributed by atoms with Crippen LogP contribution >= 0.6 is 0 Å². The maximum absolute atomic E-state index is 13.6. The van der Waals surface area contributed by atoms with Crippen LogP contribution in [0.5, 0.6) is 0 Å². The maximum atomic E-state index is 13.6. The summed E-state index contributed by atoms with van der Waals surface area (Å²) in [5, 5.41) is 8.38. The molecule has 2 aromatic rings. The van der Waals surface area contributed by atoms with Crippen molar-refractivity contribution in [2.75, 3.05) is 6.61 Å². The Morgan fingerprint density at radius 1 is 0.756 bits per heavy atom. The van der Waals surface area contributed by atoms with Crippen molar-refractivity contribution >= 4 is 23.7 Å². The van der Waals surface area contributed by atoms with Gasteiger partial charge in [0, 0.05) is 0 Å². The molecule has 3 rings (SSSR count). The van der Waals surface area contributed by atoms with Crippen molar-refractivity contribution < 1.29 is 28.7 Å². The Bertz CT molecular complexity index is 1160. The lowest BCUT2D eigenvalue weighted by atomic mass is 9.94. The molecule has 0 spiro atoms. The number of ketones is 1. The average Bonchev–Trinajstić information content (AvgIpc) is 3.69. The van der Waals surface area contributed by atoms with Gasteiger partial charge in [0.15, 0.2) is 5.78 Å². The minimum atomic E-state index is -0.921. The van der Waals surface area contributed by atoms with Crippen LogP contribution in [-0.4, -0.2) is 54.0 Å². The van der Waals surface area contributed by atoms with Gasteiger partial charge in [-0.15, -0.1) is 0 Å². The van der Waals surface area contributed by atoms with E-state index in [0.29, 0.717) is 25.9 Å². The molecule has 4 atom stereocenters. The van der Waals surface area contributed by atoms with Crippen molar-refractivity contribution in [2.24, 2.45) is 11.8 Å². The highest BCUT2D eigenvalue weighted by molar-refractivity contribution is 5.98. The first-order valence-corrected chi connectivity index (χ1v) is 14.3. The van der Waals surface area contributed by atoms with Crippen molar-refractivity contribution in [3.8, 4) is 0 Å². The van der Waals surface area contributed by atoms with Gasteiger partial charge in [0.2, 0.25) is 11.8 Å². The molecule has 0 saturated carbocycles. The van der Waals surface area contributed by atoms with Crippen LogP contribution in [0, 0.1) is 11.8 Å². The molecule has 2 aromatic carbocycles. The molecule has 3 N–H and O–H groups in total. The van der Waals surface area contributed by atoms with E-state index >= 15 is 0 Å². The van der Waals surface area contributed by atoms with E-state index in [-0.39, 0.29) is 24.2 Å². The van der Waals surface area contributed by atoms with E-state index in [9.17, 15) is 19.2 Å². The number of ether oxygens (including phenoxy) is 2. The second-order valence-electron chi connectivity index (χ2n) is 11.7. The first-order chi connectivity index (χ1) is 19.5. The Labute approximate surface area is 242 Å². The summed E-state index contributed by atoms with van der Waals surface area (Å²) in [6, 6.07) is 16.1. The Kier molecular flexibility index (Phi) is 11.5. The maximum Gasteiger partial charge on any atom is 0.408 e. The molecular weight excluding hydrogens is 522 g/mol. The number of benzene rings is 2. The highest BCUT2D eigenvalue weighted by atomic mass is 16.6. The lowest BCUT2D eigenvalue weighted by Gasteiger charge is -2.27. The van der Waals surface area contributed by atoms with E-state index in [4.69, 9.17) is 9.47 Å². The molecule has 1 saturated heterocycles. The molecule has 1 heterocycles. The van der Waals surface area contributed by atoms with Crippen LogP contribution < -0.4 is 16.0 Å². The zero-order chi connectivity index (χ0) is 30.0. The van der Waals surface area contributed by atoms with E-state index in [2.05, 4.69) is 16.0 Å².